The summed E-state index contributed by atoms with van der Waals surface area (Å²) in [5.74, 6) is 0.00148. The number of amides is 2. The molecule has 0 bridgehead atoms. The van der Waals surface area contributed by atoms with Crippen LogP contribution in [0.15, 0.2) is 60.0 Å². The Labute approximate surface area is 198 Å². The molecular formula is C27H30N2O3S. The van der Waals surface area contributed by atoms with Crippen molar-refractivity contribution in [2.24, 2.45) is 5.92 Å². The van der Waals surface area contributed by atoms with Crippen molar-refractivity contribution >= 4 is 33.9 Å². The number of benzene rings is 2. The third-order valence-corrected chi connectivity index (χ3v) is 7.63. The quantitative estimate of drug-likeness (QED) is 0.520. The van der Waals surface area contributed by atoms with Crippen LogP contribution in [0.3, 0.4) is 0 Å². The van der Waals surface area contributed by atoms with E-state index in [1.54, 1.807) is 11.3 Å². The SMILES string of the molecule is O=C(c1cccc2ccccc12)N1CCCC(C(=O)N(Cc2cccs2)CC2CCCO2)C1. The first-order valence-electron chi connectivity index (χ1n) is 11.9. The minimum Gasteiger partial charge on any atom is -0.376 e. The molecule has 2 fully saturated rings. The maximum absolute atomic E-state index is 13.7. The van der Waals surface area contributed by atoms with E-state index in [1.165, 1.54) is 4.88 Å². The summed E-state index contributed by atoms with van der Waals surface area (Å²) in [5.41, 5.74) is 0.719. The van der Waals surface area contributed by atoms with Crippen molar-refractivity contribution in [3.63, 3.8) is 0 Å². The number of hydrogen-bond acceptors (Lipinski definition) is 4. The van der Waals surface area contributed by atoms with E-state index in [4.69, 9.17) is 4.74 Å². The number of fused-ring (bicyclic) bond motifs is 1. The third kappa shape index (κ3) is 4.97. The molecule has 3 aromatic rings. The van der Waals surface area contributed by atoms with E-state index in [0.29, 0.717) is 26.2 Å². The Balaban J connectivity index is 1.32. The van der Waals surface area contributed by atoms with E-state index in [9.17, 15) is 9.59 Å². The summed E-state index contributed by atoms with van der Waals surface area (Å²) in [6, 6.07) is 18.0. The van der Waals surface area contributed by atoms with Gasteiger partial charge in [0.05, 0.1) is 18.6 Å². The van der Waals surface area contributed by atoms with Crippen molar-refractivity contribution in [3.05, 3.63) is 70.4 Å². The fraction of sp³-hybridized carbons (Fsp3) is 0.407. The summed E-state index contributed by atoms with van der Waals surface area (Å²) < 4.78 is 5.84. The van der Waals surface area contributed by atoms with Crippen molar-refractivity contribution in [2.45, 2.75) is 38.3 Å². The molecule has 2 atom stereocenters. The van der Waals surface area contributed by atoms with Crippen LogP contribution in [0.4, 0.5) is 0 Å². The van der Waals surface area contributed by atoms with Crippen molar-refractivity contribution in [1.82, 2.24) is 9.80 Å². The second-order valence-corrected chi connectivity index (χ2v) is 10.1. The fourth-order valence-electron chi connectivity index (χ4n) is 5.06. The summed E-state index contributed by atoms with van der Waals surface area (Å²) >= 11 is 1.68. The molecule has 33 heavy (non-hydrogen) atoms. The lowest BCUT2D eigenvalue weighted by Crippen LogP contribution is -2.48. The molecule has 0 aliphatic carbocycles. The Morgan fingerprint density at radius 3 is 2.73 bits per heavy atom. The maximum Gasteiger partial charge on any atom is 0.254 e. The van der Waals surface area contributed by atoms with E-state index in [2.05, 4.69) is 11.4 Å². The lowest BCUT2D eigenvalue weighted by molar-refractivity contribution is -0.139. The molecule has 0 spiro atoms. The molecule has 172 valence electrons. The van der Waals surface area contributed by atoms with Gasteiger partial charge in [-0.3, -0.25) is 9.59 Å². The zero-order chi connectivity index (χ0) is 22.6. The van der Waals surface area contributed by atoms with Gasteiger partial charge in [-0.1, -0.05) is 42.5 Å². The Hall–Kier alpha value is -2.70. The highest BCUT2D eigenvalue weighted by Gasteiger charge is 2.33. The van der Waals surface area contributed by atoms with Gasteiger partial charge in [0.2, 0.25) is 5.91 Å². The molecule has 2 unspecified atom stereocenters. The zero-order valence-electron chi connectivity index (χ0n) is 18.8. The van der Waals surface area contributed by atoms with Crippen LogP contribution in [0.2, 0.25) is 0 Å². The minimum atomic E-state index is -0.168. The molecule has 0 saturated carbocycles. The summed E-state index contributed by atoms with van der Waals surface area (Å²) in [6.45, 7) is 3.20. The molecule has 0 N–H and O–H groups in total. The average Bonchev–Trinajstić information content (AvgIpc) is 3.57. The van der Waals surface area contributed by atoms with E-state index in [-0.39, 0.29) is 23.8 Å². The van der Waals surface area contributed by atoms with Gasteiger partial charge in [-0.2, -0.15) is 0 Å². The molecule has 2 saturated heterocycles. The first-order valence-corrected chi connectivity index (χ1v) is 12.8. The number of thiophene rings is 1. The monoisotopic (exact) mass is 462 g/mol. The molecule has 3 heterocycles. The van der Waals surface area contributed by atoms with Crippen LogP contribution in [-0.4, -0.2) is 54.0 Å². The molecule has 5 rings (SSSR count). The topological polar surface area (TPSA) is 49.9 Å². The average molecular weight is 463 g/mol. The van der Waals surface area contributed by atoms with E-state index in [1.807, 2.05) is 58.3 Å². The highest BCUT2D eigenvalue weighted by atomic mass is 32.1. The number of carbonyl (C=O) groups excluding carboxylic acids is 2. The van der Waals surface area contributed by atoms with E-state index < -0.39 is 0 Å². The van der Waals surface area contributed by atoms with Gasteiger partial charge < -0.3 is 14.5 Å². The predicted octanol–water partition coefficient (Wildman–Crippen LogP) is 4.96. The second kappa shape index (κ2) is 10.1. The Morgan fingerprint density at radius 1 is 1.03 bits per heavy atom. The molecule has 2 aromatic carbocycles. The standard InChI is InChI=1S/C27H30N2O3S/c30-26(29(18-22-10-5-15-32-22)19-23-11-6-16-33-23)21-9-4-14-28(17-21)27(31)25-13-3-8-20-7-1-2-12-24(20)25/h1-3,6-8,11-13,16,21-22H,4-5,9-10,14-15,17-19H2. The Bertz CT molecular complexity index is 1100. The number of hydrogen-bond donors (Lipinski definition) is 0. The maximum atomic E-state index is 13.7. The fourth-order valence-corrected chi connectivity index (χ4v) is 5.78. The van der Waals surface area contributed by atoms with Gasteiger partial charge in [0.15, 0.2) is 0 Å². The van der Waals surface area contributed by atoms with Gasteiger partial charge in [0.1, 0.15) is 0 Å². The largest absolute Gasteiger partial charge is 0.376 e. The van der Waals surface area contributed by atoms with Crippen molar-refractivity contribution in [2.75, 3.05) is 26.2 Å². The van der Waals surface area contributed by atoms with Gasteiger partial charge >= 0.3 is 0 Å². The second-order valence-electron chi connectivity index (χ2n) is 9.05. The Kier molecular flexibility index (Phi) is 6.74. The zero-order valence-corrected chi connectivity index (χ0v) is 19.6. The predicted molar refractivity (Wildman–Crippen MR) is 131 cm³/mol. The Morgan fingerprint density at radius 2 is 1.91 bits per heavy atom. The summed E-state index contributed by atoms with van der Waals surface area (Å²) in [5, 5.41) is 4.08. The lowest BCUT2D eigenvalue weighted by Gasteiger charge is -2.36. The summed E-state index contributed by atoms with van der Waals surface area (Å²) in [7, 11) is 0. The summed E-state index contributed by atoms with van der Waals surface area (Å²) in [6.07, 6.45) is 3.85. The van der Waals surface area contributed by atoms with Crippen LogP contribution in [0.25, 0.3) is 10.8 Å². The molecule has 2 amide bonds. The smallest absolute Gasteiger partial charge is 0.254 e. The van der Waals surface area contributed by atoms with Crippen LogP contribution in [0.5, 0.6) is 0 Å². The third-order valence-electron chi connectivity index (χ3n) is 6.76. The van der Waals surface area contributed by atoms with Crippen molar-refractivity contribution < 1.29 is 14.3 Å². The van der Waals surface area contributed by atoms with Gasteiger partial charge in [0, 0.05) is 36.7 Å². The number of ether oxygens (including phenoxy) is 1. The van der Waals surface area contributed by atoms with Crippen LogP contribution < -0.4 is 0 Å². The molecule has 5 nitrogen and oxygen atoms in total. The van der Waals surface area contributed by atoms with Crippen molar-refractivity contribution in [3.8, 4) is 0 Å². The first-order chi connectivity index (χ1) is 16.2. The molecule has 1 aromatic heterocycles. The van der Waals surface area contributed by atoms with Crippen LogP contribution >= 0.6 is 11.3 Å². The highest BCUT2D eigenvalue weighted by molar-refractivity contribution is 7.09. The highest BCUT2D eigenvalue weighted by Crippen LogP contribution is 2.26. The van der Waals surface area contributed by atoms with Gasteiger partial charge in [-0.25, -0.2) is 0 Å². The first kappa shape index (κ1) is 22.1. The van der Waals surface area contributed by atoms with Gasteiger partial charge in [0.25, 0.3) is 5.91 Å². The molecule has 2 aliphatic heterocycles. The van der Waals surface area contributed by atoms with Crippen molar-refractivity contribution in [1.29, 1.82) is 0 Å². The molecule has 0 radical (unpaired) electrons. The lowest BCUT2D eigenvalue weighted by atomic mass is 9.94. The van der Waals surface area contributed by atoms with Gasteiger partial charge in [-0.05, 0) is 54.0 Å². The number of likely N-dealkylation sites (tertiary alicyclic amines) is 1. The number of piperidine rings is 1. The van der Waals surface area contributed by atoms with Crippen LogP contribution in [-0.2, 0) is 16.1 Å². The van der Waals surface area contributed by atoms with Gasteiger partial charge in [-0.15, -0.1) is 11.3 Å². The number of carbonyl (C=O) groups is 2. The number of rotatable bonds is 6. The molecule has 2 aliphatic rings. The van der Waals surface area contributed by atoms with Crippen LogP contribution in [0.1, 0.15) is 40.9 Å². The molecular weight excluding hydrogens is 432 g/mol. The minimum absolute atomic E-state index is 0.0215. The van der Waals surface area contributed by atoms with E-state index >= 15 is 0 Å². The molecule has 6 heteroatoms. The normalized spacial score (nSPS) is 20.8. The number of nitrogens with zero attached hydrogens (tertiary/aromatic N) is 2. The van der Waals surface area contributed by atoms with Crippen LogP contribution in [0, 0.1) is 5.92 Å². The van der Waals surface area contributed by atoms with E-state index in [0.717, 1.165) is 48.6 Å². The summed E-state index contributed by atoms with van der Waals surface area (Å²) in [4.78, 5) is 32.2.